The van der Waals surface area contributed by atoms with Crippen LogP contribution in [0.2, 0.25) is 0 Å². The van der Waals surface area contributed by atoms with E-state index >= 15 is 0 Å². The minimum Gasteiger partial charge on any atom is -0.348 e. The summed E-state index contributed by atoms with van der Waals surface area (Å²) in [6.45, 7) is 0. The molecule has 0 radical (unpaired) electrons. The number of aromatic nitrogens is 2. The van der Waals surface area contributed by atoms with Gasteiger partial charge in [0.05, 0.1) is 11.4 Å². The van der Waals surface area contributed by atoms with Crippen molar-refractivity contribution in [3.8, 4) is 11.8 Å². The Kier molecular flexibility index (Phi) is 3.56. The lowest BCUT2D eigenvalue weighted by molar-refractivity contribution is 0.951. The number of fused-ring (bicyclic) bond motifs is 2. The molecule has 0 aliphatic rings. The summed E-state index contributed by atoms with van der Waals surface area (Å²) in [7, 11) is 2.04. The molecule has 0 aliphatic heterocycles. The fourth-order valence-corrected chi connectivity index (χ4v) is 3.43. The summed E-state index contributed by atoms with van der Waals surface area (Å²) in [4.78, 5) is 3.35. The monoisotopic (exact) mass is 426 g/mol. The van der Waals surface area contributed by atoms with Gasteiger partial charge in [-0.3, -0.25) is 0 Å². The first-order valence-electron chi connectivity index (χ1n) is 7.15. The second-order valence-corrected chi connectivity index (χ2v) is 7.29. The van der Waals surface area contributed by atoms with Crippen LogP contribution in [0.5, 0.6) is 0 Å². The van der Waals surface area contributed by atoms with Crippen LogP contribution in [0.1, 0.15) is 11.4 Å². The van der Waals surface area contributed by atoms with E-state index in [0.29, 0.717) is 0 Å². The summed E-state index contributed by atoms with van der Waals surface area (Å²) < 4.78 is 4.25. The number of aromatic amines is 1. The highest BCUT2D eigenvalue weighted by Gasteiger charge is 2.04. The molecule has 4 aromatic rings. The van der Waals surface area contributed by atoms with Gasteiger partial charge in [0.1, 0.15) is 0 Å². The molecular weight excluding hydrogens is 416 g/mol. The minimum absolute atomic E-state index is 0.921. The Bertz CT molecular complexity index is 1110. The van der Waals surface area contributed by atoms with Crippen molar-refractivity contribution >= 4 is 53.7 Å². The molecular formula is C19H12Br2N2. The Labute approximate surface area is 150 Å². The van der Waals surface area contributed by atoms with Crippen molar-refractivity contribution in [2.45, 2.75) is 0 Å². The zero-order valence-corrected chi connectivity index (χ0v) is 15.5. The van der Waals surface area contributed by atoms with Crippen LogP contribution < -0.4 is 0 Å². The van der Waals surface area contributed by atoms with Gasteiger partial charge < -0.3 is 9.55 Å². The van der Waals surface area contributed by atoms with E-state index in [4.69, 9.17) is 0 Å². The van der Waals surface area contributed by atoms with Gasteiger partial charge in [-0.2, -0.15) is 0 Å². The molecule has 0 saturated heterocycles. The van der Waals surface area contributed by atoms with Gasteiger partial charge in [-0.15, -0.1) is 0 Å². The van der Waals surface area contributed by atoms with Crippen LogP contribution in [0, 0.1) is 11.8 Å². The van der Waals surface area contributed by atoms with Crippen LogP contribution in [0.15, 0.2) is 57.5 Å². The number of nitrogens with one attached hydrogen (secondary N) is 1. The van der Waals surface area contributed by atoms with Crippen LogP contribution in [0.25, 0.3) is 21.8 Å². The highest BCUT2D eigenvalue weighted by Crippen LogP contribution is 2.23. The van der Waals surface area contributed by atoms with Gasteiger partial charge in [0, 0.05) is 37.8 Å². The SMILES string of the molecule is Cn1c(C#Cc2cc3ccc(Br)cc3[nH]2)cc2ccc(Br)cc21. The van der Waals surface area contributed by atoms with Gasteiger partial charge in [0.2, 0.25) is 0 Å². The van der Waals surface area contributed by atoms with E-state index in [9.17, 15) is 0 Å². The second kappa shape index (κ2) is 5.59. The molecule has 0 spiro atoms. The molecule has 0 saturated carbocycles. The van der Waals surface area contributed by atoms with E-state index in [-0.39, 0.29) is 0 Å². The van der Waals surface area contributed by atoms with Crippen molar-refractivity contribution in [3.63, 3.8) is 0 Å². The Morgan fingerprint density at radius 3 is 2.43 bits per heavy atom. The molecule has 4 heteroatoms. The predicted molar refractivity (Wildman–Crippen MR) is 103 cm³/mol. The molecule has 0 fully saturated rings. The van der Waals surface area contributed by atoms with Gasteiger partial charge in [0.15, 0.2) is 0 Å². The third kappa shape index (κ3) is 2.71. The first-order valence-corrected chi connectivity index (χ1v) is 8.74. The zero-order chi connectivity index (χ0) is 16.0. The number of nitrogens with zero attached hydrogens (tertiary/aromatic N) is 1. The average molecular weight is 428 g/mol. The molecule has 0 amide bonds. The summed E-state index contributed by atoms with van der Waals surface area (Å²) in [5.41, 5.74) is 4.18. The predicted octanol–water partition coefficient (Wildman–Crippen LogP) is 5.58. The zero-order valence-electron chi connectivity index (χ0n) is 12.3. The Hall–Kier alpha value is -1.96. The third-order valence-electron chi connectivity index (χ3n) is 3.92. The molecule has 1 N–H and O–H groups in total. The molecule has 0 unspecified atom stereocenters. The van der Waals surface area contributed by atoms with Crippen molar-refractivity contribution in [2.75, 3.05) is 0 Å². The van der Waals surface area contributed by atoms with Gasteiger partial charge in [-0.05, 0) is 48.2 Å². The molecule has 2 aromatic carbocycles. The number of rotatable bonds is 0. The van der Waals surface area contributed by atoms with E-state index in [1.807, 2.05) is 13.1 Å². The normalized spacial score (nSPS) is 10.9. The summed E-state index contributed by atoms with van der Waals surface area (Å²) in [5, 5.41) is 2.36. The Morgan fingerprint density at radius 2 is 1.61 bits per heavy atom. The Morgan fingerprint density at radius 1 is 0.870 bits per heavy atom. The molecule has 0 aliphatic carbocycles. The van der Waals surface area contributed by atoms with Gasteiger partial charge in [-0.1, -0.05) is 44.0 Å². The van der Waals surface area contributed by atoms with Crippen LogP contribution in [-0.2, 0) is 7.05 Å². The van der Waals surface area contributed by atoms with Crippen molar-refractivity contribution in [3.05, 3.63) is 68.9 Å². The summed E-state index contributed by atoms with van der Waals surface area (Å²) in [6, 6.07) is 16.6. The number of hydrogen-bond acceptors (Lipinski definition) is 0. The van der Waals surface area contributed by atoms with E-state index in [1.165, 1.54) is 16.3 Å². The lowest BCUT2D eigenvalue weighted by Gasteiger charge is -1.98. The van der Waals surface area contributed by atoms with Crippen LogP contribution in [0.4, 0.5) is 0 Å². The highest BCUT2D eigenvalue weighted by molar-refractivity contribution is 9.10. The molecule has 0 atom stereocenters. The maximum absolute atomic E-state index is 3.52. The topological polar surface area (TPSA) is 20.7 Å². The largest absolute Gasteiger partial charge is 0.348 e. The summed E-state index contributed by atoms with van der Waals surface area (Å²) >= 11 is 7.01. The number of benzene rings is 2. The summed E-state index contributed by atoms with van der Waals surface area (Å²) in [5.74, 6) is 6.50. The molecule has 2 aromatic heterocycles. The lowest BCUT2D eigenvalue weighted by Crippen LogP contribution is -1.90. The molecule has 4 rings (SSSR count). The number of H-pyrrole nitrogens is 1. The van der Waals surface area contributed by atoms with Crippen molar-refractivity contribution in [2.24, 2.45) is 7.05 Å². The van der Waals surface area contributed by atoms with E-state index in [2.05, 4.69) is 95.7 Å². The molecule has 0 bridgehead atoms. The van der Waals surface area contributed by atoms with E-state index < -0.39 is 0 Å². The van der Waals surface area contributed by atoms with Crippen molar-refractivity contribution < 1.29 is 0 Å². The minimum atomic E-state index is 0.921. The van der Waals surface area contributed by atoms with Gasteiger partial charge in [-0.25, -0.2) is 0 Å². The van der Waals surface area contributed by atoms with Gasteiger partial charge in [0.25, 0.3) is 0 Å². The average Bonchev–Trinajstić information content (AvgIpc) is 3.06. The van der Waals surface area contributed by atoms with Crippen molar-refractivity contribution in [1.82, 2.24) is 9.55 Å². The maximum Gasteiger partial charge on any atom is 0.0932 e. The third-order valence-corrected chi connectivity index (χ3v) is 4.90. The fraction of sp³-hybridized carbons (Fsp3) is 0.0526. The first-order chi connectivity index (χ1) is 11.1. The lowest BCUT2D eigenvalue weighted by atomic mass is 10.2. The smallest absolute Gasteiger partial charge is 0.0932 e. The van der Waals surface area contributed by atoms with Crippen LogP contribution in [-0.4, -0.2) is 9.55 Å². The standard InChI is InChI=1S/C19H12Br2N2/c1-23-17(9-13-3-5-15(21)11-19(13)23)7-6-16-8-12-2-4-14(20)10-18(12)22-16/h2-5,8-11,22H,1H3. The first kappa shape index (κ1) is 14.6. The van der Waals surface area contributed by atoms with E-state index in [0.717, 1.165) is 25.8 Å². The van der Waals surface area contributed by atoms with E-state index in [1.54, 1.807) is 0 Å². The molecule has 112 valence electrons. The Balaban J connectivity index is 1.78. The fourth-order valence-electron chi connectivity index (χ4n) is 2.72. The molecule has 2 heterocycles. The quantitative estimate of drug-likeness (QED) is 0.353. The van der Waals surface area contributed by atoms with Gasteiger partial charge >= 0.3 is 0 Å². The second-order valence-electron chi connectivity index (χ2n) is 5.46. The number of halogens is 2. The highest BCUT2D eigenvalue weighted by atomic mass is 79.9. The van der Waals surface area contributed by atoms with Crippen LogP contribution >= 0.6 is 31.9 Å². The number of hydrogen-bond donors (Lipinski definition) is 1. The van der Waals surface area contributed by atoms with Crippen molar-refractivity contribution in [1.29, 1.82) is 0 Å². The summed E-state index contributed by atoms with van der Waals surface area (Å²) in [6.07, 6.45) is 0. The molecule has 23 heavy (non-hydrogen) atoms. The number of aryl methyl sites for hydroxylation is 1. The molecule has 2 nitrogen and oxygen atoms in total. The van der Waals surface area contributed by atoms with Crippen LogP contribution in [0.3, 0.4) is 0 Å². The maximum atomic E-state index is 3.52.